The van der Waals surface area contributed by atoms with Crippen molar-refractivity contribution in [2.45, 2.75) is 26.8 Å². The number of aliphatic hydroxyl groups excluding tert-OH is 1. The van der Waals surface area contributed by atoms with Gasteiger partial charge in [-0.15, -0.1) is 11.3 Å². The van der Waals surface area contributed by atoms with Crippen molar-refractivity contribution in [3.05, 3.63) is 81.8 Å². The monoisotopic (exact) mass is 504 g/mol. The maximum absolute atomic E-state index is 13.8. The minimum Gasteiger partial charge on any atom is -0.503 e. The zero-order valence-electron chi connectivity index (χ0n) is 20.2. The number of amides is 1. The lowest BCUT2D eigenvalue weighted by Crippen LogP contribution is -2.31. The van der Waals surface area contributed by atoms with E-state index in [2.05, 4.69) is 4.98 Å². The summed E-state index contributed by atoms with van der Waals surface area (Å²) >= 11 is 1.32. The second-order valence-electron chi connectivity index (χ2n) is 8.30. The Morgan fingerprint density at radius 2 is 1.94 bits per heavy atom. The first-order valence-corrected chi connectivity index (χ1v) is 12.2. The molecule has 5 rings (SSSR count). The number of rotatable bonds is 7. The average molecular weight is 505 g/mol. The largest absolute Gasteiger partial charge is 0.503 e. The number of Topliss-reactive ketones (excluding diaryl/α,β-unsaturated/α-hetero) is 1. The summed E-state index contributed by atoms with van der Waals surface area (Å²) in [6, 6.07) is 13.0. The summed E-state index contributed by atoms with van der Waals surface area (Å²) in [5.74, 6) is -0.928. The van der Waals surface area contributed by atoms with Crippen LogP contribution in [0.4, 0.5) is 5.13 Å². The third-order valence-corrected chi connectivity index (χ3v) is 7.20. The van der Waals surface area contributed by atoms with Gasteiger partial charge in [0, 0.05) is 10.3 Å². The number of ketones is 1. The van der Waals surface area contributed by atoms with Crippen molar-refractivity contribution in [1.82, 2.24) is 4.98 Å². The number of para-hydroxylation sites is 1. The van der Waals surface area contributed by atoms with Gasteiger partial charge < -0.3 is 19.0 Å². The Labute approximate surface area is 211 Å². The number of carbonyl (C=O) groups is 2. The molecular formula is C27H24N2O6S. The summed E-state index contributed by atoms with van der Waals surface area (Å²) < 4.78 is 16.9. The highest BCUT2D eigenvalue weighted by atomic mass is 32.1. The van der Waals surface area contributed by atoms with Gasteiger partial charge >= 0.3 is 0 Å². The Bertz CT molecular complexity index is 1480. The van der Waals surface area contributed by atoms with E-state index in [0.717, 1.165) is 16.0 Å². The predicted molar refractivity (Wildman–Crippen MR) is 136 cm³/mol. The van der Waals surface area contributed by atoms with Crippen molar-refractivity contribution in [2.75, 3.05) is 18.6 Å². The Morgan fingerprint density at radius 3 is 2.61 bits per heavy atom. The number of fused-ring (bicyclic) bond motifs is 1. The lowest BCUT2D eigenvalue weighted by molar-refractivity contribution is -0.117. The topological polar surface area (TPSA) is 102 Å². The van der Waals surface area contributed by atoms with Gasteiger partial charge in [-0.05, 0) is 50.6 Å². The predicted octanol–water partition coefficient (Wildman–Crippen LogP) is 5.70. The van der Waals surface area contributed by atoms with Gasteiger partial charge in [0.1, 0.15) is 5.58 Å². The molecule has 184 valence electrons. The van der Waals surface area contributed by atoms with Gasteiger partial charge in [0.05, 0.1) is 31.0 Å². The third-order valence-electron chi connectivity index (χ3n) is 6.13. The molecule has 2 aromatic carbocycles. The molecule has 0 saturated heterocycles. The van der Waals surface area contributed by atoms with Crippen molar-refractivity contribution >= 4 is 39.1 Å². The third kappa shape index (κ3) is 3.81. The fourth-order valence-electron chi connectivity index (χ4n) is 4.26. The van der Waals surface area contributed by atoms with Crippen LogP contribution in [0.5, 0.6) is 11.5 Å². The van der Waals surface area contributed by atoms with E-state index in [1.807, 2.05) is 32.9 Å². The smallest absolute Gasteiger partial charge is 0.296 e. The molecule has 36 heavy (non-hydrogen) atoms. The molecule has 1 aliphatic heterocycles. The van der Waals surface area contributed by atoms with E-state index in [4.69, 9.17) is 13.9 Å². The second kappa shape index (κ2) is 9.16. The van der Waals surface area contributed by atoms with Crippen LogP contribution >= 0.6 is 11.3 Å². The number of thiazole rings is 1. The maximum Gasteiger partial charge on any atom is 0.296 e. The zero-order valence-corrected chi connectivity index (χ0v) is 21.0. The van der Waals surface area contributed by atoms with E-state index in [-0.39, 0.29) is 11.3 Å². The Kier molecular flexibility index (Phi) is 6.01. The summed E-state index contributed by atoms with van der Waals surface area (Å²) in [6.45, 7) is 6.05. The van der Waals surface area contributed by atoms with Gasteiger partial charge in [0.25, 0.3) is 5.91 Å². The number of anilines is 1. The molecule has 2 aromatic heterocycles. The fourth-order valence-corrected chi connectivity index (χ4v) is 5.20. The Balaban J connectivity index is 1.67. The van der Waals surface area contributed by atoms with E-state index in [1.165, 1.54) is 23.3 Å². The van der Waals surface area contributed by atoms with E-state index in [0.29, 0.717) is 34.4 Å². The number of aromatic nitrogens is 1. The van der Waals surface area contributed by atoms with Gasteiger partial charge in [0.2, 0.25) is 5.78 Å². The number of methoxy groups -OCH3 is 1. The fraction of sp³-hybridized carbons (Fsp3) is 0.222. The molecular weight excluding hydrogens is 480 g/mol. The van der Waals surface area contributed by atoms with Crippen molar-refractivity contribution in [1.29, 1.82) is 0 Å². The highest BCUT2D eigenvalue weighted by Gasteiger charge is 2.47. The first kappa shape index (κ1) is 23.6. The van der Waals surface area contributed by atoms with Crippen LogP contribution in [0.25, 0.3) is 11.0 Å². The molecule has 1 amide bonds. The van der Waals surface area contributed by atoms with Gasteiger partial charge in [-0.1, -0.05) is 24.3 Å². The highest BCUT2D eigenvalue weighted by Crippen LogP contribution is 2.45. The lowest BCUT2D eigenvalue weighted by atomic mass is 9.95. The van der Waals surface area contributed by atoms with E-state index < -0.39 is 23.5 Å². The molecule has 0 saturated carbocycles. The average Bonchev–Trinajstić information content (AvgIpc) is 3.53. The minimum absolute atomic E-state index is 0.0294. The number of hydrogen-bond donors (Lipinski definition) is 1. The van der Waals surface area contributed by atoms with Crippen LogP contribution in [0.15, 0.2) is 64.3 Å². The number of aryl methyl sites for hydroxylation is 2. The summed E-state index contributed by atoms with van der Waals surface area (Å²) in [5, 5.41) is 12.1. The van der Waals surface area contributed by atoms with Crippen LogP contribution in [-0.2, 0) is 4.79 Å². The summed E-state index contributed by atoms with van der Waals surface area (Å²) in [5.41, 5.74) is 1.77. The van der Waals surface area contributed by atoms with Crippen molar-refractivity contribution in [3.63, 3.8) is 0 Å². The quantitative estimate of drug-likeness (QED) is 0.322. The number of carbonyl (C=O) groups excluding carboxylic acids is 2. The molecule has 9 heteroatoms. The Morgan fingerprint density at radius 1 is 1.17 bits per heavy atom. The SMILES string of the molecule is CCOc1ccc(C2C(C(=O)c3cc4ccccc4o3)=C(O)C(=O)N2c2nc(C)c(C)s2)cc1OC. The molecule has 1 atom stereocenters. The molecule has 1 aliphatic rings. The first-order chi connectivity index (χ1) is 17.3. The summed E-state index contributed by atoms with van der Waals surface area (Å²) in [7, 11) is 1.51. The van der Waals surface area contributed by atoms with Crippen molar-refractivity contribution in [2.24, 2.45) is 0 Å². The summed E-state index contributed by atoms with van der Waals surface area (Å²) in [4.78, 5) is 34.0. The highest BCUT2D eigenvalue weighted by molar-refractivity contribution is 7.15. The van der Waals surface area contributed by atoms with Crippen LogP contribution in [-0.4, -0.2) is 35.5 Å². The van der Waals surface area contributed by atoms with Crippen LogP contribution < -0.4 is 14.4 Å². The molecule has 1 N–H and O–H groups in total. The molecule has 1 unspecified atom stereocenters. The normalized spacial score (nSPS) is 15.7. The van der Waals surface area contributed by atoms with Gasteiger partial charge in [0.15, 0.2) is 28.1 Å². The zero-order chi connectivity index (χ0) is 25.6. The van der Waals surface area contributed by atoms with Crippen LogP contribution in [0.1, 0.15) is 39.7 Å². The van der Waals surface area contributed by atoms with Crippen molar-refractivity contribution < 1.29 is 28.6 Å². The number of nitrogens with zero attached hydrogens (tertiary/aromatic N) is 2. The van der Waals surface area contributed by atoms with E-state index in [9.17, 15) is 14.7 Å². The molecule has 0 aliphatic carbocycles. The van der Waals surface area contributed by atoms with Crippen molar-refractivity contribution in [3.8, 4) is 11.5 Å². The number of aliphatic hydroxyl groups is 1. The van der Waals surface area contributed by atoms with E-state index >= 15 is 0 Å². The molecule has 3 heterocycles. The second-order valence-corrected chi connectivity index (χ2v) is 9.48. The van der Waals surface area contributed by atoms with Gasteiger partial charge in [-0.3, -0.25) is 14.5 Å². The van der Waals surface area contributed by atoms with Gasteiger partial charge in [-0.25, -0.2) is 4.98 Å². The maximum atomic E-state index is 13.8. The van der Waals surface area contributed by atoms with Crippen LogP contribution in [0.3, 0.4) is 0 Å². The number of benzene rings is 2. The Hall–Kier alpha value is -4.11. The molecule has 0 fully saturated rings. The number of furan rings is 1. The molecule has 0 bridgehead atoms. The van der Waals surface area contributed by atoms with E-state index in [1.54, 1.807) is 36.4 Å². The number of hydrogen-bond acceptors (Lipinski definition) is 8. The van der Waals surface area contributed by atoms with Gasteiger partial charge in [-0.2, -0.15) is 0 Å². The molecule has 0 radical (unpaired) electrons. The molecule has 0 spiro atoms. The standard InChI is InChI=1S/C27H24N2O6S/c1-5-34-19-11-10-17(13-20(19)33-4)23-22(24(30)21-12-16-8-6-7-9-18(16)35-21)25(31)26(32)29(23)27-28-14(2)15(3)36-27/h6-13,23,31H,5H2,1-4H3. The van der Waals surface area contributed by atoms with Crippen LogP contribution in [0.2, 0.25) is 0 Å². The first-order valence-electron chi connectivity index (χ1n) is 11.4. The molecule has 4 aromatic rings. The molecule has 8 nitrogen and oxygen atoms in total. The number of ether oxygens (including phenoxy) is 2. The minimum atomic E-state index is -0.951. The summed E-state index contributed by atoms with van der Waals surface area (Å²) in [6.07, 6.45) is 0. The lowest BCUT2D eigenvalue weighted by Gasteiger charge is -2.25. The van der Waals surface area contributed by atoms with Crippen LogP contribution in [0, 0.1) is 13.8 Å².